The van der Waals surface area contributed by atoms with Crippen LogP contribution in [0.2, 0.25) is 0 Å². The highest BCUT2D eigenvalue weighted by Gasteiger charge is 2.15. The number of nitrogens with zero attached hydrogens (tertiary/aromatic N) is 3. The Balaban J connectivity index is 1.69. The van der Waals surface area contributed by atoms with E-state index in [-0.39, 0.29) is 0 Å². The Morgan fingerprint density at radius 3 is 2.35 bits per heavy atom. The maximum absolute atomic E-state index is 6.43. The average molecular weight is 409 g/mol. The van der Waals surface area contributed by atoms with Crippen LogP contribution in [0.3, 0.4) is 0 Å². The highest BCUT2D eigenvalue weighted by molar-refractivity contribution is 5.89. The molecular formula is C25H19N3O3. The van der Waals surface area contributed by atoms with Gasteiger partial charge in [-0.1, -0.05) is 18.2 Å². The topological polar surface area (TPSA) is 66.4 Å². The number of fused-ring (bicyclic) bond motifs is 2. The first kappa shape index (κ1) is 18.8. The lowest BCUT2D eigenvalue weighted by Gasteiger charge is -2.15. The minimum Gasteiger partial charge on any atom is -0.493 e. The molecule has 0 unspecified atom stereocenters. The first-order chi connectivity index (χ1) is 15.3. The van der Waals surface area contributed by atoms with Gasteiger partial charge in [-0.15, -0.1) is 0 Å². The second-order valence-corrected chi connectivity index (χ2v) is 6.91. The van der Waals surface area contributed by atoms with Crippen molar-refractivity contribution < 1.29 is 14.2 Å². The molecule has 0 radical (unpaired) electrons. The summed E-state index contributed by atoms with van der Waals surface area (Å²) < 4.78 is 17.3. The number of aromatic nitrogens is 3. The average Bonchev–Trinajstić information content (AvgIpc) is 2.83. The third-order valence-corrected chi connectivity index (χ3v) is 5.05. The molecule has 31 heavy (non-hydrogen) atoms. The Bertz CT molecular complexity index is 1390. The number of ether oxygens (including phenoxy) is 3. The number of para-hydroxylation sites is 1. The molecule has 0 amide bonds. The number of pyridine rings is 3. The van der Waals surface area contributed by atoms with E-state index < -0.39 is 0 Å². The number of methoxy groups -OCH3 is 2. The molecule has 152 valence electrons. The van der Waals surface area contributed by atoms with Crippen LogP contribution in [0.15, 0.2) is 79.3 Å². The Morgan fingerprint density at radius 2 is 1.55 bits per heavy atom. The largest absolute Gasteiger partial charge is 0.493 e. The van der Waals surface area contributed by atoms with E-state index in [1.54, 1.807) is 32.8 Å². The monoisotopic (exact) mass is 409 g/mol. The summed E-state index contributed by atoms with van der Waals surface area (Å²) in [6.45, 7) is 0. The van der Waals surface area contributed by atoms with Crippen LogP contribution in [0, 0.1) is 0 Å². The maximum atomic E-state index is 6.43. The Labute approximate surface area is 179 Å². The van der Waals surface area contributed by atoms with Crippen molar-refractivity contribution in [2.75, 3.05) is 14.2 Å². The van der Waals surface area contributed by atoms with E-state index in [0.717, 1.165) is 33.1 Å². The van der Waals surface area contributed by atoms with E-state index in [0.29, 0.717) is 23.0 Å². The summed E-state index contributed by atoms with van der Waals surface area (Å²) in [5.41, 5.74) is 3.23. The van der Waals surface area contributed by atoms with Crippen LogP contribution in [0.4, 0.5) is 0 Å². The summed E-state index contributed by atoms with van der Waals surface area (Å²) in [7, 11) is 3.21. The fourth-order valence-corrected chi connectivity index (χ4v) is 3.54. The third kappa shape index (κ3) is 3.48. The number of rotatable bonds is 5. The van der Waals surface area contributed by atoms with Gasteiger partial charge in [0.25, 0.3) is 0 Å². The molecule has 3 heterocycles. The Hall–Kier alpha value is -4.19. The van der Waals surface area contributed by atoms with Crippen molar-refractivity contribution in [1.82, 2.24) is 15.0 Å². The van der Waals surface area contributed by atoms with E-state index in [1.165, 1.54) is 0 Å². The van der Waals surface area contributed by atoms with Crippen LogP contribution in [0.25, 0.3) is 33.1 Å². The Kier molecular flexibility index (Phi) is 4.80. The van der Waals surface area contributed by atoms with Gasteiger partial charge >= 0.3 is 0 Å². The lowest BCUT2D eigenvalue weighted by molar-refractivity contribution is 0.355. The fourth-order valence-electron chi connectivity index (χ4n) is 3.54. The number of hydrogen-bond donors (Lipinski definition) is 0. The smallest absolute Gasteiger partial charge is 0.162 e. The zero-order valence-corrected chi connectivity index (χ0v) is 17.1. The molecular weight excluding hydrogens is 390 g/mol. The van der Waals surface area contributed by atoms with Gasteiger partial charge in [-0.25, -0.2) is 4.98 Å². The van der Waals surface area contributed by atoms with E-state index in [1.807, 2.05) is 60.7 Å². The minimum atomic E-state index is 0.608. The molecule has 0 bridgehead atoms. The van der Waals surface area contributed by atoms with Crippen LogP contribution >= 0.6 is 0 Å². The summed E-state index contributed by atoms with van der Waals surface area (Å²) >= 11 is 0. The minimum absolute atomic E-state index is 0.608. The van der Waals surface area contributed by atoms with Crippen LogP contribution in [0.5, 0.6) is 23.0 Å². The molecule has 6 nitrogen and oxygen atoms in total. The highest BCUT2D eigenvalue weighted by atomic mass is 16.5. The molecule has 5 rings (SSSR count). The van der Waals surface area contributed by atoms with Crippen LogP contribution < -0.4 is 14.2 Å². The van der Waals surface area contributed by atoms with Gasteiger partial charge in [0.2, 0.25) is 0 Å². The zero-order chi connectivity index (χ0) is 21.2. The van der Waals surface area contributed by atoms with Crippen molar-refractivity contribution in [2.24, 2.45) is 0 Å². The summed E-state index contributed by atoms with van der Waals surface area (Å²) in [6, 6.07) is 19.3. The third-order valence-electron chi connectivity index (χ3n) is 5.05. The molecule has 0 spiro atoms. The first-order valence-electron chi connectivity index (χ1n) is 9.75. The molecule has 0 aliphatic rings. The summed E-state index contributed by atoms with van der Waals surface area (Å²) in [5.74, 6) is 2.50. The van der Waals surface area contributed by atoms with E-state index in [2.05, 4.69) is 9.97 Å². The zero-order valence-electron chi connectivity index (χ0n) is 17.1. The second kappa shape index (κ2) is 7.91. The molecule has 0 saturated heterocycles. The Morgan fingerprint density at radius 1 is 0.710 bits per heavy atom. The molecule has 0 N–H and O–H groups in total. The molecule has 0 aliphatic heterocycles. The van der Waals surface area contributed by atoms with E-state index in [4.69, 9.17) is 19.2 Å². The van der Waals surface area contributed by atoms with E-state index in [9.17, 15) is 0 Å². The molecule has 0 atom stereocenters. The van der Waals surface area contributed by atoms with Gasteiger partial charge in [0, 0.05) is 41.0 Å². The van der Waals surface area contributed by atoms with Gasteiger partial charge in [0.15, 0.2) is 17.2 Å². The van der Waals surface area contributed by atoms with Gasteiger partial charge in [0.05, 0.1) is 25.3 Å². The summed E-state index contributed by atoms with van der Waals surface area (Å²) in [4.78, 5) is 13.6. The molecule has 3 aromatic heterocycles. The van der Waals surface area contributed by atoms with Crippen LogP contribution in [0.1, 0.15) is 0 Å². The lowest BCUT2D eigenvalue weighted by Crippen LogP contribution is -1.96. The molecule has 5 aromatic rings. The predicted octanol–water partition coefficient (Wildman–Crippen LogP) is 5.65. The van der Waals surface area contributed by atoms with Gasteiger partial charge in [-0.2, -0.15) is 0 Å². The van der Waals surface area contributed by atoms with Crippen molar-refractivity contribution in [1.29, 1.82) is 0 Å². The van der Waals surface area contributed by atoms with E-state index >= 15 is 0 Å². The van der Waals surface area contributed by atoms with Crippen LogP contribution in [-0.4, -0.2) is 29.2 Å². The van der Waals surface area contributed by atoms with Crippen molar-refractivity contribution in [2.45, 2.75) is 0 Å². The van der Waals surface area contributed by atoms with Crippen molar-refractivity contribution in [3.8, 4) is 34.3 Å². The van der Waals surface area contributed by atoms with Gasteiger partial charge in [-0.05, 0) is 36.4 Å². The molecule has 2 aromatic carbocycles. The predicted molar refractivity (Wildman–Crippen MR) is 120 cm³/mol. The molecule has 0 aliphatic carbocycles. The summed E-state index contributed by atoms with van der Waals surface area (Å²) in [5, 5.41) is 1.80. The molecule has 0 fully saturated rings. The van der Waals surface area contributed by atoms with Gasteiger partial charge in [-0.3, -0.25) is 9.97 Å². The molecule has 6 heteroatoms. The molecule has 0 saturated carbocycles. The van der Waals surface area contributed by atoms with Crippen LogP contribution in [-0.2, 0) is 0 Å². The normalized spacial score (nSPS) is 10.9. The fraction of sp³-hybridized carbons (Fsp3) is 0.0800. The van der Waals surface area contributed by atoms with Crippen molar-refractivity contribution >= 4 is 21.8 Å². The standard InChI is InChI=1S/C25H19N3O3/c1-29-22-13-18-20(14-23(22)30-2)27-11-9-21(18)31-24-12-16-6-3-4-8-19(16)28-25(24)17-7-5-10-26-15-17/h3-15H,1-2H3. The number of benzene rings is 2. The quantitative estimate of drug-likeness (QED) is 0.373. The van der Waals surface area contributed by atoms with Crippen molar-refractivity contribution in [3.05, 3.63) is 79.3 Å². The lowest BCUT2D eigenvalue weighted by atomic mass is 10.1. The highest BCUT2D eigenvalue weighted by Crippen LogP contribution is 2.39. The second-order valence-electron chi connectivity index (χ2n) is 6.91. The number of hydrogen-bond acceptors (Lipinski definition) is 6. The summed E-state index contributed by atoms with van der Waals surface area (Å²) in [6.07, 6.45) is 5.23. The van der Waals surface area contributed by atoms with Gasteiger partial charge < -0.3 is 14.2 Å². The van der Waals surface area contributed by atoms with Gasteiger partial charge in [0.1, 0.15) is 11.4 Å². The van der Waals surface area contributed by atoms with Crippen molar-refractivity contribution in [3.63, 3.8) is 0 Å². The maximum Gasteiger partial charge on any atom is 0.162 e. The SMILES string of the molecule is COc1cc2nccc(Oc3cc4ccccc4nc3-c3cccnc3)c2cc1OC. The first-order valence-corrected chi connectivity index (χ1v) is 9.75.